The van der Waals surface area contributed by atoms with Crippen molar-refractivity contribution in [1.82, 2.24) is 0 Å². The van der Waals surface area contributed by atoms with Gasteiger partial charge in [0.1, 0.15) is 11.6 Å². The number of ether oxygens (including phenoxy) is 1. The van der Waals surface area contributed by atoms with Crippen LogP contribution < -0.4 is 10.8 Å². The first-order valence-corrected chi connectivity index (χ1v) is 5.97. The summed E-state index contributed by atoms with van der Waals surface area (Å²) in [6.07, 6.45) is -0.285. The lowest BCUT2D eigenvalue weighted by Crippen LogP contribution is -2.33. The summed E-state index contributed by atoms with van der Waals surface area (Å²) in [5.74, 6) is -1.80. The maximum Gasteiger partial charge on any atom is 0.328 e. The average molecular weight is 264 g/mol. The summed E-state index contributed by atoms with van der Waals surface area (Å²) in [6.45, 7) is 5.22. The number of carbonyl (C=O) groups is 2. The van der Waals surface area contributed by atoms with E-state index in [0.717, 1.165) is 0 Å². The molecular formula is C14H18NO4-. The zero-order valence-corrected chi connectivity index (χ0v) is 11.3. The van der Waals surface area contributed by atoms with Crippen molar-refractivity contribution in [2.45, 2.75) is 38.8 Å². The molecule has 2 N–H and O–H groups in total. The van der Waals surface area contributed by atoms with Gasteiger partial charge in [-0.05, 0) is 31.9 Å². The van der Waals surface area contributed by atoms with Gasteiger partial charge in [0, 0.05) is 12.4 Å². The van der Waals surface area contributed by atoms with E-state index in [2.05, 4.69) is 0 Å². The Balaban J connectivity index is 2.96. The highest BCUT2D eigenvalue weighted by molar-refractivity contribution is 5.79. The Morgan fingerprint density at radius 3 is 2.42 bits per heavy atom. The first-order chi connectivity index (χ1) is 8.70. The molecule has 0 aromatic heterocycles. The SMILES string of the molecule is CC(C)(C)OC(=O)[C@H](N)c1ccccc1CC(=O)[O-]. The van der Waals surface area contributed by atoms with Crippen LogP contribution in [0.3, 0.4) is 0 Å². The average Bonchev–Trinajstić information content (AvgIpc) is 2.25. The fourth-order valence-electron chi connectivity index (χ4n) is 1.65. The second-order valence-electron chi connectivity index (χ2n) is 5.26. The third kappa shape index (κ3) is 4.71. The van der Waals surface area contributed by atoms with Gasteiger partial charge in [-0.2, -0.15) is 0 Å². The zero-order valence-electron chi connectivity index (χ0n) is 11.3. The molecule has 19 heavy (non-hydrogen) atoms. The number of benzene rings is 1. The van der Waals surface area contributed by atoms with E-state index in [9.17, 15) is 14.7 Å². The lowest BCUT2D eigenvalue weighted by molar-refractivity contribution is -0.304. The Bertz CT molecular complexity index is 477. The van der Waals surface area contributed by atoms with E-state index in [1.54, 1.807) is 45.0 Å². The highest BCUT2D eigenvalue weighted by Gasteiger charge is 2.24. The molecule has 1 aromatic rings. The normalized spacial score (nSPS) is 12.8. The molecule has 1 aromatic carbocycles. The smallest absolute Gasteiger partial charge is 0.328 e. The van der Waals surface area contributed by atoms with Gasteiger partial charge in [0.15, 0.2) is 0 Å². The van der Waals surface area contributed by atoms with Crippen LogP contribution in [0.1, 0.15) is 37.9 Å². The number of carbonyl (C=O) groups excluding carboxylic acids is 2. The van der Waals surface area contributed by atoms with E-state index in [-0.39, 0.29) is 6.42 Å². The van der Waals surface area contributed by atoms with E-state index < -0.39 is 23.6 Å². The van der Waals surface area contributed by atoms with Crippen LogP contribution in [0.25, 0.3) is 0 Å². The molecule has 0 aliphatic heterocycles. The second-order valence-corrected chi connectivity index (χ2v) is 5.26. The summed E-state index contributed by atoms with van der Waals surface area (Å²) < 4.78 is 5.19. The maximum absolute atomic E-state index is 11.9. The molecule has 0 aliphatic carbocycles. The van der Waals surface area contributed by atoms with Gasteiger partial charge in [-0.25, -0.2) is 4.79 Å². The largest absolute Gasteiger partial charge is 0.550 e. The quantitative estimate of drug-likeness (QED) is 0.791. The molecule has 0 fully saturated rings. The maximum atomic E-state index is 11.9. The first kappa shape index (κ1) is 15.2. The standard InChI is InChI=1S/C14H19NO4/c1-14(2,3)19-13(18)12(15)10-7-5-4-6-9(10)8-11(16)17/h4-7,12H,8,15H2,1-3H3,(H,16,17)/p-1/t12-/m1/s1. The van der Waals surface area contributed by atoms with Crippen LogP contribution in [0.5, 0.6) is 0 Å². The molecule has 0 bridgehead atoms. The molecule has 0 spiro atoms. The van der Waals surface area contributed by atoms with Crippen molar-refractivity contribution in [3.63, 3.8) is 0 Å². The molecule has 0 amide bonds. The molecule has 0 heterocycles. The summed E-state index contributed by atoms with van der Waals surface area (Å²) in [5.41, 5.74) is 6.10. The van der Waals surface area contributed by atoms with Crippen LogP contribution in [-0.4, -0.2) is 17.5 Å². The minimum absolute atomic E-state index is 0.285. The molecular weight excluding hydrogens is 246 g/mol. The lowest BCUT2D eigenvalue weighted by atomic mass is 9.98. The lowest BCUT2D eigenvalue weighted by Gasteiger charge is -2.23. The molecule has 0 aliphatic rings. The van der Waals surface area contributed by atoms with Crippen LogP contribution in [0, 0.1) is 0 Å². The van der Waals surface area contributed by atoms with Gasteiger partial charge < -0.3 is 20.4 Å². The number of nitrogens with two attached hydrogens (primary N) is 1. The fourth-order valence-corrected chi connectivity index (χ4v) is 1.65. The van der Waals surface area contributed by atoms with Gasteiger partial charge in [-0.1, -0.05) is 24.3 Å². The number of hydrogen-bond donors (Lipinski definition) is 1. The minimum atomic E-state index is -1.22. The van der Waals surface area contributed by atoms with Gasteiger partial charge in [-0.15, -0.1) is 0 Å². The van der Waals surface area contributed by atoms with Crippen molar-refractivity contribution in [3.8, 4) is 0 Å². The van der Waals surface area contributed by atoms with Crippen molar-refractivity contribution >= 4 is 11.9 Å². The number of aliphatic carboxylic acids is 1. The fraction of sp³-hybridized carbons (Fsp3) is 0.429. The number of esters is 1. The Morgan fingerprint density at radius 1 is 1.32 bits per heavy atom. The highest BCUT2D eigenvalue weighted by atomic mass is 16.6. The summed E-state index contributed by atoms with van der Waals surface area (Å²) in [6, 6.07) is 5.60. The minimum Gasteiger partial charge on any atom is -0.550 e. The first-order valence-electron chi connectivity index (χ1n) is 5.97. The third-order valence-corrected chi connectivity index (χ3v) is 2.39. The van der Waals surface area contributed by atoms with Crippen molar-refractivity contribution in [2.24, 2.45) is 5.73 Å². The second kappa shape index (κ2) is 5.84. The van der Waals surface area contributed by atoms with E-state index in [0.29, 0.717) is 11.1 Å². The Hall–Kier alpha value is -1.88. The molecule has 0 unspecified atom stereocenters. The van der Waals surface area contributed by atoms with Crippen LogP contribution >= 0.6 is 0 Å². The van der Waals surface area contributed by atoms with Gasteiger partial charge in [0.05, 0.1) is 0 Å². The number of rotatable bonds is 4. The van der Waals surface area contributed by atoms with Crippen LogP contribution in [0.15, 0.2) is 24.3 Å². The Labute approximate surface area is 112 Å². The third-order valence-electron chi connectivity index (χ3n) is 2.39. The van der Waals surface area contributed by atoms with Gasteiger partial charge in [-0.3, -0.25) is 0 Å². The molecule has 0 saturated carbocycles. The van der Waals surface area contributed by atoms with Crippen molar-refractivity contribution in [1.29, 1.82) is 0 Å². The highest BCUT2D eigenvalue weighted by Crippen LogP contribution is 2.20. The monoisotopic (exact) mass is 264 g/mol. The van der Waals surface area contributed by atoms with Gasteiger partial charge in [0.2, 0.25) is 0 Å². The van der Waals surface area contributed by atoms with Crippen molar-refractivity contribution in [3.05, 3.63) is 35.4 Å². The molecule has 5 nitrogen and oxygen atoms in total. The van der Waals surface area contributed by atoms with Crippen molar-refractivity contribution in [2.75, 3.05) is 0 Å². The Morgan fingerprint density at radius 2 is 1.89 bits per heavy atom. The number of carboxylic acids is 1. The zero-order chi connectivity index (χ0) is 14.6. The molecule has 1 rings (SSSR count). The van der Waals surface area contributed by atoms with E-state index in [4.69, 9.17) is 10.5 Å². The molecule has 0 saturated heterocycles. The predicted octanol–water partition coefficient (Wildman–Crippen LogP) is 0.321. The van der Waals surface area contributed by atoms with E-state index in [1.807, 2.05) is 0 Å². The molecule has 5 heteroatoms. The van der Waals surface area contributed by atoms with Gasteiger partial charge >= 0.3 is 5.97 Å². The predicted molar refractivity (Wildman–Crippen MR) is 67.9 cm³/mol. The van der Waals surface area contributed by atoms with Crippen LogP contribution in [0.2, 0.25) is 0 Å². The summed E-state index contributed by atoms with van der Waals surface area (Å²) in [7, 11) is 0. The van der Waals surface area contributed by atoms with Gasteiger partial charge in [0.25, 0.3) is 0 Å². The molecule has 0 radical (unpaired) electrons. The van der Waals surface area contributed by atoms with E-state index in [1.165, 1.54) is 0 Å². The van der Waals surface area contributed by atoms with Crippen LogP contribution in [-0.2, 0) is 20.7 Å². The van der Waals surface area contributed by atoms with Crippen molar-refractivity contribution < 1.29 is 19.4 Å². The summed E-state index contributed by atoms with van der Waals surface area (Å²) in [4.78, 5) is 22.6. The summed E-state index contributed by atoms with van der Waals surface area (Å²) in [5, 5.41) is 10.7. The number of carboxylic acid groups (broad SMARTS) is 1. The summed E-state index contributed by atoms with van der Waals surface area (Å²) >= 11 is 0. The van der Waals surface area contributed by atoms with Crippen LogP contribution in [0.4, 0.5) is 0 Å². The topological polar surface area (TPSA) is 92.5 Å². The molecule has 104 valence electrons. The van der Waals surface area contributed by atoms with E-state index >= 15 is 0 Å². The number of hydrogen-bond acceptors (Lipinski definition) is 5. The Kier molecular flexibility index (Phi) is 4.67. The molecule has 1 atom stereocenters.